The Morgan fingerprint density at radius 2 is 1.77 bits per heavy atom. The van der Waals surface area contributed by atoms with E-state index in [-0.39, 0.29) is 28.3 Å². The maximum atomic E-state index is 12.1. The first-order valence-electron chi connectivity index (χ1n) is 9.85. The van der Waals surface area contributed by atoms with Gasteiger partial charge in [0.05, 0.1) is 10.5 Å². The third-order valence-corrected chi connectivity index (χ3v) is 5.42. The first kappa shape index (κ1) is 22.2. The number of nitro groups is 1. The quantitative estimate of drug-likeness (QED) is 0.351. The summed E-state index contributed by atoms with van der Waals surface area (Å²) >= 11 is 0. The molecule has 1 saturated heterocycles. The number of nitro benzene ring substituents is 1. The summed E-state index contributed by atoms with van der Waals surface area (Å²) in [5, 5.41) is 10.9. The summed E-state index contributed by atoms with van der Waals surface area (Å²) in [5.41, 5.74) is -0.662. The Morgan fingerprint density at radius 3 is 2.39 bits per heavy atom. The van der Waals surface area contributed by atoms with Gasteiger partial charge in [0.2, 0.25) is 0 Å². The number of ketones is 1. The van der Waals surface area contributed by atoms with Crippen molar-refractivity contribution in [1.82, 2.24) is 14.0 Å². The predicted molar refractivity (Wildman–Crippen MR) is 114 cm³/mol. The maximum absolute atomic E-state index is 12.1. The van der Waals surface area contributed by atoms with Crippen LogP contribution >= 0.6 is 0 Å². The van der Waals surface area contributed by atoms with Crippen LogP contribution in [0.4, 0.5) is 11.5 Å². The van der Waals surface area contributed by atoms with E-state index in [0.29, 0.717) is 50.9 Å². The Bertz CT molecular complexity index is 1110. The molecule has 3 rings (SSSR count). The molecule has 0 aliphatic carbocycles. The molecule has 1 aromatic carbocycles. The van der Waals surface area contributed by atoms with Gasteiger partial charge in [-0.15, -0.1) is 0 Å². The van der Waals surface area contributed by atoms with Crippen molar-refractivity contribution in [2.75, 3.05) is 44.2 Å². The van der Waals surface area contributed by atoms with Crippen molar-refractivity contribution < 1.29 is 14.5 Å². The molecule has 11 heteroatoms. The number of non-ortho nitro benzene ring substituents is 1. The summed E-state index contributed by atoms with van der Waals surface area (Å²) < 4.78 is 8.27. The SMILES string of the molecule is CC(=O)c1cc([N+](=O)[O-])ccc1OCCN1CCN(c2cc(=O)n(C)c(=O)n2C)CC1. The fourth-order valence-electron chi connectivity index (χ4n) is 3.54. The second-order valence-corrected chi connectivity index (χ2v) is 7.41. The molecule has 11 nitrogen and oxygen atoms in total. The lowest BCUT2D eigenvalue weighted by Crippen LogP contribution is -2.50. The molecular formula is C20H25N5O6. The van der Waals surface area contributed by atoms with Crippen molar-refractivity contribution in [2.45, 2.75) is 6.92 Å². The third kappa shape index (κ3) is 4.82. The van der Waals surface area contributed by atoms with E-state index in [2.05, 4.69) is 4.90 Å². The number of ether oxygens (including phenoxy) is 1. The molecule has 31 heavy (non-hydrogen) atoms. The molecule has 0 bridgehead atoms. The second kappa shape index (κ2) is 9.13. The average Bonchev–Trinajstić information content (AvgIpc) is 2.75. The first-order chi connectivity index (χ1) is 14.7. The molecule has 0 spiro atoms. The Hall–Kier alpha value is -3.47. The topological polar surface area (TPSA) is 120 Å². The molecule has 2 heterocycles. The molecule has 1 aliphatic rings. The van der Waals surface area contributed by atoms with E-state index < -0.39 is 4.92 Å². The van der Waals surface area contributed by atoms with Gasteiger partial charge in [0.25, 0.3) is 11.2 Å². The Balaban J connectivity index is 1.57. The smallest absolute Gasteiger partial charge is 0.332 e. The molecule has 0 radical (unpaired) electrons. The van der Waals surface area contributed by atoms with E-state index in [1.807, 2.05) is 4.90 Å². The summed E-state index contributed by atoms with van der Waals surface area (Å²) in [6, 6.07) is 5.46. The van der Waals surface area contributed by atoms with Crippen LogP contribution in [-0.4, -0.2) is 64.1 Å². The molecule has 0 N–H and O–H groups in total. The van der Waals surface area contributed by atoms with E-state index >= 15 is 0 Å². The summed E-state index contributed by atoms with van der Waals surface area (Å²) in [7, 11) is 3.10. The molecule has 1 aliphatic heterocycles. The van der Waals surface area contributed by atoms with Gasteiger partial charge in [0.1, 0.15) is 18.2 Å². The fraction of sp³-hybridized carbons (Fsp3) is 0.450. The molecule has 0 unspecified atom stereocenters. The minimum atomic E-state index is -0.548. The number of carbonyl (C=O) groups is 1. The number of benzene rings is 1. The molecule has 0 saturated carbocycles. The number of hydrogen-bond acceptors (Lipinski definition) is 8. The Kier molecular flexibility index (Phi) is 6.54. The van der Waals surface area contributed by atoms with Crippen LogP contribution in [0.15, 0.2) is 33.9 Å². The van der Waals surface area contributed by atoms with Crippen molar-refractivity contribution in [1.29, 1.82) is 0 Å². The highest BCUT2D eigenvalue weighted by molar-refractivity contribution is 5.97. The fourth-order valence-corrected chi connectivity index (χ4v) is 3.54. The number of carbonyl (C=O) groups excluding carboxylic acids is 1. The summed E-state index contributed by atoms with van der Waals surface area (Å²) in [5.74, 6) is 0.625. The lowest BCUT2D eigenvalue weighted by atomic mass is 10.1. The third-order valence-electron chi connectivity index (χ3n) is 5.42. The highest BCUT2D eigenvalue weighted by Crippen LogP contribution is 2.24. The molecule has 1 aromatic heterocycles. The van der Waals surface area contributed by atoms with Gasteiger partial charge in [0.15, 0.2) is 5.78 Å². The van der Waals surface area contributed by atoms with Gasteiger partial charge in [0, 0.05) is 65.0 Å². The molecule has 166 valence electrons. The lowest BCUT2D eigenvalue weighted by Gasteiger charge is -2.36. The van der Waals surface area contributed by atoms with Gasteiger partial charge < -0.3 is 9.64 Å². The number of hydrogen-bond donors (Lipinski definition) is 0. The molecule has 1 fully saturated rings. The van der Waals surface area contributed by atoms with Crippen molar-refractivity contribution in [3.8, 4) is 5.75 Å². The highest BCUT2D eigenvalue weighted by atomic mass is 16.6. The van der Waals surface area contributed by atoms with Crippen LogP contribution in [-0.2, 0) is 14.1 Å². The average molecular weight is 431 g/mol. The van der Waals surface area contributed by atoms with Gasteiger partial charge >= 0.3 is 5.69 Å². The Labute approximate surface area is 178 Å². The van der Waals surface area contributed by atoms with Crippen LogP contribution in [0.5, 0.6) is 5.75 Å². The zero-order valence-electron chi connectivity index (χ0n) is 17.7. The normalized spacial score (nSPS) is 14.5. The first-order valence-corrected chi connectivity index (χ1v) is 9.85. The van der Waals surface area contributed by atoms with Crippen LogP contribution in [0.1, 0.15) is 17.3 Å². The van der Waals surface area contributed by atoms with Gasteiger partial charge in [-0.25, -0.2) is 4.79 Å². The number of rotatable bonds is 7. The minimum absolute atomic E-state index is 0.154. The highest BCUT2D eigenvalue weighted by Gasteiger charge is 2.21. The van der Waals surface area contributed by atoms with E-state index in [1.165, 1.54) is 42.8 Å². The van der Waals surface area contributed by atoms with E-state index in [9.17, 15) is 24.5 Å². The standard InChI is InChI=1S/C20H25N5O6/c1-14(26)16-12-15(25(29)30)4-5-17(16)31-11-10-23-6-8-24(9-7-23)18-13-19(27)22(3)20(28)21(18)2/h4-5,12-13H,6-11H2,1-3H3. The van der Waals surface area contributed by atoms with Crippen molar-refractivity contribution in [3.63, 3.8) is 0 Å². The van der Waals surface area contributed by atoms with Crippen LogP contribution in [0.2, 0.25) is 0 Å². The van der Waals surface area contributed by atoms with Crippen molar-refractivity contribution in [2.24, 2.45) is 14.1 Å². The number of nitrogens with zero attached hydrogens (tertiary/aromatic N) is 5. The lowest BCUT2D eigenvalue weighted by molar-refractivity contribution is -0.384. The van der Waals surface area contributed by atoms with Crippen LogP contribution < -0.4 is 20.9 Å². The van der Waals surface area contributed by atoms with Gasteiger partial charge in [-0.3, -0.25) is 33.7 Å². The summed E-state index contributed by atoms with van der Waals surface area (Å²) in [6.07, 6.45) is 0. The van der Waals surface area contributed by atoms with E-state index in [1.54, 1.807) is 7.05 Å². The van der Waals surface area contributed by atoms with E-state index in [0.717, 1.165) is 4.57 Å². The number of piperazine rings is 1. The van der Waals surface area contributed by atoms with Crippen LogP contribution in [0.3, 0.4) is 0 Å². The zero-order valence-corrected chi connectivity index (χ0v) is 17.7. The summed E-state index contributed by atoms with van der Waals surface area (Å²) in [4.78, 5) is 50.5. The Morgan fingerprint density at radius 1 is 1.10 bits per heavy atom. The monoisotopic (exact) mass is 431 g/mol. The molecule has 0 atom stereocenters. The van der Waals surface area contributed by atoms with E-state index in [4.69, 9.17) is 4.74 Å². The van der Waals surface area contributed by atoms with Crippen molar-refractivity contribution in [3.05, 3.63) is 60.8 Å². The van der Waals surface area contributed by atoms with Gasteiger partial charge in [-0.05, 0) is 13.0 Å². The second-order valence-electron chi connectivity index (χ2n) is 7.41. The summed E-state index contributed by atoms with van der Waals surface area (Å²) in [6.45, 7) is 5.00. The molecule has 0 amide bonds. The number of Topliss-reactive ketones (excluding diaryl/α,β-unsaturated/α-hetero) is 1. The minimum Gasteiger partial charge on any atom is -0.491 e. The van der Waals surface area contributed by atoms with Crippen molar-refractivity contribution >= 4 is 17.3 Å². The largest absolute Gasteiger partial charge is 0.491 e. The molecule has 2 aromatic rings. The number of aromatic nitrogens is 2. The van der Waals surface area contributed by atoms with Gasteiger partial charge in [-0.2, -0.15) is 0 Å². The van der Waals surface area contributed by atoms with Gasteiger partial charge in [-0.1, -0.05) is 0 Å². The predicted octanol–water partition coefficient (Wildman–Crippen LogP) is 0.396. The van der Waals surface area contributed by atoms with Crippen LogP contribution in [0.25, 0.3) is 0 Å². The van der Waals surface area contributed by atoms with Crippen LogP contribution in [0, 0.1) is 10.1 Å². The molecular weight excluding hydrogens is 406 g/mol. The maximum Gasteiger partial charge on any atom is 0.332 e. The number of anilines is 1. The zero-order chi connectivity index (χ0) is 22.7.